The summed E-state index contributed by atoms with van der Waals surface area (Å²) in [6.45, 7) is 5.08. The smallest absolute Gasteiger partial charge is 0.212 e. The molecule has 2 nitrogen and oxygen atoms in total. The Balaban J connectivity index is 2.06. The maximum absolute atomic E-state index is 5.52. The quantitative estimate of drug-likeness (QED) is 0.631. The predicted molar refractivity (Wildman–Crippen MR) is 53.5 cm³/mol. The molecule has 0 unspecified atom stereocenters. The molecule has 0 spiro atoms. The van der Waals surface area contributed by atoms with E-state index in [1.807, 2.05) is 24.6 Å². The Morgan fingerprint density at radius 2 is 2.31 bits per heavy atom. The third kappa shape index (κ3) is 1.67. The maximum atomic E-state index is 5.52. The maximum Gasteiger partial charge on any atom is 0.212 e. The summed E-state index contributed by atoms with van der Waals surface area (Å²) in [6.07, 6.45) is 8.07. The zero-order valence-corrected chi connectivity index (χ0v) is 8.03. The zero-order chi connectivity index (χ0) is 9.26. The van der Waals surface area contributed by atoms with Crippen molar-refractivity contribution in [2.75, 3.05) is 6.61 Å². The first kappa shape index (κ1) is 8.54. The van der Waals surface area contributed by atoms with Gasteiger partial charge in [-0.05, 0) is 5.92 Å². The van der Waals surface area contributed by atoms with E-state index in [9.17, 15) is 0 Å². The van der Waals surface area contributed by atoms with Crippen molar-refractivity contribution < 1.29 is 4.74 Å². The van der Waals surface area contributed by atoms with Crippen molar-refractivity contribution in [2.24, 2.45) is 10.9 Å². The van der Waals surface area contributed by atoms with Crippen molar-refractivity contribution in [3.63, 3.8) is 0 Å². The molecule has 0 aromatic rings. The van der Waals surface area contributed by atoms with E-state index in [1.54, 1.807) is 0 Å². The van der Waals surface area contributed by atoms with Crippen LogP contribution >= 0.6 is 0 Å². The van der Waals surface area contributed by atoms with E-state index < -0.39 is 0 Å². The number of nitrogens with zero attached hydrogens (tertiary/aromatic N) is 1. The normalized spacial score (nSPS) is 26.2. The van der Waals surface area contributed by atoms with Crippen LogP contribution in [0.25, 0.3) is 0 Å². The molecule has 0 saturated heterocycles. The molecule has 69 valence electrons. The fourth-order valence-corrected chi connectivity index (χ4v) is 1.41. The highest BCUT2D eigenvalue weighted by atomic mass is 16.5. The Hall–Kier alpha value is -1.05. The molecule has 1 aliphatic heterocycles. The monoisotopic (exact) mass is 176 g/mol. The molecule has 2 heteroatoms. The van der Waals surface area contributed by atoms with E-state index in [0.717, 1.165) is 18.1 Å². The standard InChI is InChI=1S/C11H14NO/c1-8(2)10-7-13-11(12-10)9-5-3-4-6-9/h3-6,8,10H,7H2,1-2H3/t10-/m1/s1. The van der Waals surface area contributed by atoms with Crippen LogP contribution in [-0.4, -0.2) is 18.5 Å². The van der Waals surface area contributed by atoms with Gasteiger partial charge in [-0.1, -0.05) is 32.1 Å². The van der Waals surface area contributed by atoms with Crippen molar-refractivity contribution in [2.45, 2.75) is 19.9 Å². The van der Waals surface area contributed by atoms with Gasteiger partial charge in [0.15, 0.2) is 0 Å². The van der Waals surface area contributed by atoms with Crippen molar-refractivity contribution in [3.05, 3.63) is 30.2 Å². The molecule has 0 saturated carbocycles. The Labute approximate surface area is 79.0 Å². The highest BCUT2D eigenvalue weighted by molar-refractivity contribution is 5.98. The Kier molecular flexibility index (Phi) is 2.21. The minimum Gasteiger partial charge on any atom is -0.475 e. The summed E-state index contributed by atoms with van der Waals surface area (Å²) in [4.78, 5) is 4.52. The Morgan fingerprint density at radius 3 is 2.85 bits per heavy atom. The zero-order valence-electron chi connectivity index (χ0n) is 8.03. The van der Waals surface area contributed by atoms with Gasteiger partial charge < -0.3 is 4.74 Å². The van der Waals surface area contributed by atoms with Gasteiger partial charge in [-0.3, -0.25) is 0 Å². The second kappa shape index (κ2) is 3.36. The van der Waals surface area contributed by atoms with Crippen LogP contribution in [0, 0.1) is 12.3 Å². The number of hydrogen-bond donors (Lipinski definition) is 0. The summed E-state index contributed by atoms with van der Waals surface area (Å²) in [7, 11) is 0. The number of rotatable bonds is 2. The summed E-state index contributed by atoms with van der Waals surface area (Å²) in [5, 5.41) is 0. The molecule has 0 N–H and O–H groups in total. The van der Waals surface area contributed by atoms with Crippen LogP contribution in [0.2, 0.25) is 0 Å². The van der Waals surface area contributed by atoms with Gasteiger partial charge in [0.1, 0.15) is 6.61 Å². The van der Waals surface area contributed by atoms with Crippen molar-refractivity contribution in [1.29, 1.82) is 0 Å². The summed E-state index contributed by atoms with van der Waals surface area (Å²) < 4.78 is 5.52. The summed E-state index contributed by atoms with van der Waals surface area (Å²) in [5.74, 6) is 1.37. The Morgan fingerprint density at radius 1 is 1.46 bits per heavy atom. The molecule has 1 atom stereocenters. The average Bonchev–Trinajstić information content (AvgIpc) is 2.75. The van der Waals surface area contributed by atoms with Crippen molar-refractivity contribution in [1.82, 2.24) is 0 Å². The fourth-order valence-electron chi connectivity index (χ4n) is 1.41. The third-order valence-corrected chi connectivity index (χ3v) is 2.35. The molecular weight excluding hydrogens is 162 g/mol. The molecule has 1 radical (unpaired) electrons. The van der Waals surface area contributed by atoms with E-state index in [-0.39, 0.29) is 0 Å². The lowest BCUT2D eigenvalue weighted by atomic mass is 10.1. The molecule has 1 aliphatic carbocycles. The van der Waals surface area contributed by atoms with Crippen LogP contribution in [0.3, 0.4) is 0 Å². The van der Waals surface area contributed by atoms with Crippen LogP contribution in [0.15, 0.2) is 28.8 Å². The predicted octanol–water partition coefficient (Wildman–Crippen LogP) is 2.14. The van der Waals surface area contributed by atoms with Crippen LogP contribution in [0.4, 0.5) is 0 Å². The largest absolute Gasteiger partial charge is 0.475 e. The lowest BCUT2D eigenvalue weighted by molar-refractivity contribution is 0.291. The molecule has 0 amide bonds. The van der Waals surface area contributed by atoms with Gasteiger partial charge in [-0.15, -0.1) is 0 Å². The highest BCUT2D eigenvalue weighted by Gasteiger charge is 2.23. The van der Waals surface area contributed by atoms with Gasteiger partial charge in [-0.25, -0.2) is 4.99 Å². The van der Waals surface area contributed by atoms with Gasteiger partial charge in [0.25, 0.3) is 0 Å². The summed E-state index contributed by atoms with van der Waals surface area (Å²) >= 11 is 0. The second-order valence-electron chi connectivity index (χ2n) is 3.73. The number of hydrogen-bond acceptors (Lipinski definition) is 2. The molecule has 1 heterocycles. The molecule has 13 heavy (non-hydrogen) atoms. The van der Waals surface area contributed by atoms with E-state index >= 15 is 0 Å². The molecule has 0 aromatic heterocycles. The molecule has 0 fully saturated rings. The van der Waals surface area contributed by atoms with Gasteiger partial charge in [0.2, 0.25) is 5.90 Å². The van der Waals surface area contributed by atoms with Gasteiger partial charge >= 0.3 is 0 Å². The van der Waals surface area contributed by atoms with E-state index in [2.05, 4.69) is 18.8 Å². The van der Waals surface area contributed by atoms with E-state index in [4.69, 9.17) is 4.74 Å². The van der Waals surface area contributed by atoms with Crippen molar-refractivity contribution >= 4 is 5.90 Å². The number of aliphatic imine (C=N–C) groups is 1. The van der Waals surface area contributed by atoms with Gasteiger partial charge in [0, 0.05) is 12.0 Å². The highest BCUT2D eigenvalue weighted by Crippen LogP contribution is 2.20. The Bertz CT molecular complexity index is 286. The minimum atomic E-state index is 0.338. The lowest BCUT2D eigenvalue weighted by Gasteiger charge is -2.06. The van der Waals surface area contributed by atoms with Gasteiger partial charge in [0.05, 0.1) is 6.04 Å². The summed E-state index contributed by atoms with van der Waals surface area (Å²) in [6, 6.07) is 0.338. The first-order chi connectivity index (χ1) is 6.27. The lowest BCUT2D eigenvalue weighted by Crippen LogP contribution is -2.13. The molecular formula is C11H14NO. The number of allylic oxidation sites excluding steroid dienone is 3. The molecule has 2 aliphatic rings. The van der Waals surface area contributed by atoms with Crippen molar-refractivity contribution in [3.8, 4) is 0 Å². The minimum absolute atomic E-state index is 0.338. The second-order valence-corrected chi connectivity index (χ2v) is 3.73. The van der Waals surface area contributed by atoms with Crippen LogP contribution < -0.4 is 0 Å². The van der Waals surface area contributed by atoms with Crippen LogP contribution in [0.1, 0.15) is 13.8 Å². The molecule has 0 bridgehead atoms. The number of ether oxygens (including phenoxy) is 1. The molecule has 0 aromatic carbocycles. The average molecular weight is 176 g/mol. The van der Waals surface area contributed by atoms with Crippen LogP contribution in [-0.2, 0) is 4.74 Å². The first-order valence-corrected chi connectivity index (χ1v) is 4.70. The topological polar surface area (TPSA) is 21.6 Å². The molecule has 2 rings (SSSR count). The van der Waals surface area contributed by atoms with Gasteiger partial charge in [-0.2, -0.15) is 0 Å². The third-order valence-electron chi connectivity index (χ3n) is 2.35. The van der Waals surface area contributed by atoms with Crippen LogP contribution in [0.5, 0.6) is 0 Å². The fraction of sp³-hybridized carbons (Fsp3) is 0.455. The van der Waals surface area contributed by atoms with E-state index in [0.29, 0.717) is 12.0 Å². The first-order valence-electron chi connectivity index (χ1n) is 4.70. The van der Waals surface area contributed by atoms with E-state index in [1.165, 1.54) is 0 Å². The SMILES string of the molecule is CC(C)[C@H]1COC(C2=CC=C[CH]2)=N1. The summed E-state index contributed by atoms with van der Waals surface area (Å²) in [5.41, 5.74) is 1.10.